The minimum absolute atomic E-state index is 0.119. The zero-order chi connectivity index (χ0) is 11.5. The first-order valence-corrected chi connectivity index (χ1v) is 5.98. The number of urea groups is 1. The van der Waals surface area contributed by atoms with Crippen molar-refractivity contribution in [2.24, 2.45) is 5.92 Å². The van der Waals surface area contributed by atoms with Crippen LogP contribution >= 0.6 is 0 Å². The van der Waals surface area contributed by atoms with E-state index < -0.39 is 0 Å². The third-order valence-corrected chi connectivity index (χ3v) is 3.40. The number of rotatable bonds is 4. The summed E-state index contributed by atoms with van der Waals surface area (Å²) < 4.78 is 0. The number of carbonyl (C=O) groups is 2. The second-order valence-corrected chi connectivity index (χ2v) is 4.77. The Kier molecular flexibility index (Phi) is 3.43. The van der Waals surface area contributed by atoms with Crippen LogP contribution in [-0.4, -0.2) is 42.5 Å². The number of carbonyl (C=O) groups excluding carboxylic acids is 2. The van der Waals surface area contributed by atoms with Crippen LogP contribution in [-0.2, 0) is 4.79 Å². The zero-order valence-corrected chi connectivity index (χ0v) is 9.66. The predicted octanol–water partition coefficient (Wildman–Crippen LogP) is 0.316. The molecule has 2 unspecified atom stereocenters. The van der Waals surface area contributed by atoms with Crippen LogP contribution in [0.1, 0.15) is 26.2 Å². The lowest BCUT2D eigenvalue weighted by Gasteiger charge is -2.16. The van der Waals surface area contributed by atoms with E-state index in [4.69, 9.17) is 0 Å². The fourth-order valence-electron chi connectivity index (χ4n) is 2.45. The van der Waals surface area contributed by atoms with Gasteiger partial charge in [-0.05, 0) is 25.2 Å². The summed E-state index contributed by atoms with van der Waals surface area (Å²) in [7, 11) is 0. The molecule has 0 spiro atoms. The normalized spacial score (nSPS) is 29.9. The lowest BCUT2D eigenvalue weighted by Crippen LogP contribution is -2.39. The van der Waals surface area contributed by atoms with Crippen molar-refractivity contribution >= 4 is 11.9 Å². The summed E-state index contributed by atoms with van der Waals surface area (Å²) in [6.07, 6.45) is 3.70. The SMILES string of the molecule is CC1CCC(NCCN2C(=O)CNC2=O)C1. The monoisotopic (exact) mass is 225 g/mol. The van der Waals surface area contributed by atoms with E-state index in [0.717, 1.165) is 5.92 Å². The first-order chi connectivity index (χ1) is 7.66. The number of nitrogens with one attached hydrogen (secondary N) is 2. The van der Waals surface area contributed by atoms with E-state index in [1.165, 1.54) is 24.2 Å². The highest BCUT2D eigenvalue weighted by Crippen LogP contribution is 2.24. The fraction of sp³-hybridized carbons (Fsp3) is 0.818. The molecule has 90 valence electrons. The van der Waals surface area contributed by atoms with Gasteiger partial charge in [0.1, 0.15) is 0 Å². The molecule has 5 heteroatoms. The Bertz CT molecular complexity index is 277. The van der Waals surface area contributed by atoms with Gasteiger partial charge in [0.2, 0.25) is 5.91 Å². The molecular formula is C11H19N3O2. The van der Waals surface area contributed by atoms with Gasteiger partial charge in [-0.25, -0.2) is 4.79 Å². The highest BCUT2D eigenvalue weighted by Gasteiger charge is 2.28. The van der Waals surface area contributed by atoms with Gasteiger partial charge in [0.15, 0.2) is 0 Å². The van der Waals surface area contributed by atoms with Gasteiger partial charge in [-0.1, -0.05) is 6.92 Å². The number of nitrogens with zero attached hydrogens (tertiary/aromatic N) is 1. The molecule has 0 aromatic carbocycles. The Labute approximate surface area is 95.6 Å². The number of amides is 3. The van der Waals surface area contributed by atoms with Crippen molar-refractivity contribution in [3.8, 4) is 0 Å². The summed E-state index contributed by atoms with van der Waals surface area (Å²) in [6, 6.07) is 0.308. The van der Waals surface area contributed by atoms with Crippen molar-refractivity contribution in [1.82, 2.24) is 15.5 Å². The van der Waals surface area contributed by atoms with Crippen molar-refractivity contribution in [2.75, 3.05) is 19.6 Å². The maximum atomic E-state index is 11.3. The molecule has 5 nitrogen and oxygen atoms in total. The molecule has 16 heavy (non-hydrogen) atoms. The molecule has 1 aliphatic carbocycles. The summed E-state index contributed by atoms with van der Waals surface area (Å²) in [5, 5.41) is 5.92. The molecule has 1 aliphatic heterocycles. The standard InChI is InChI=1S/C11H19N3O2/c1-8-2-3-9(6-8)12-4-5-14-10(15)7-13-11(14)16/h8-9,12H,2-7H2,1H3,(H,13,16). The second-order valence-electron chi connectivity index (χ2n) is 4.77. The molecule has 1 saturated carbocycles. The molecule has 3 amide bonds. The van der Waals surface area contributed by atoms with Crippen LogP contribution in [0.2, 0.25) is 0 Å². The van der Waals surface area contributed by atoms with Gasteiger partial charge in [0.05, 0.1) is 6.54 Å². The molecule has 1 heterocycles. The largest absolute Gasteiger partial charge is 0.329 e. The molecule has 0 bridgehead atoms. The molecule has 2 atom stereocenters. The third kappa shape index (κ3) is 2.52. The molecule has 2 aliphatic rings. The Hall–Kier alpha value is -1.10. The van der Waals surface area contributed by atoms with E-state index in [1.54, 1.807) is 0 Å². The molecule has 0 aromatic rings. The zero-order valence-electron chi connectivity index (χ0n) is 9.66. The molecule has 2 N–H and O–H groups in total. The van der Waals surface area contributed by atoms with E-state index in [-0.39, 0.29) is 18.5 Å². The first kappa shape index (κ1) is 11.4. The molecule has 1 saturated heterocycles. The van der Waals surface area contributed by atoms with Crippen LogP contribution in [0.4, 0.5) is 4.79 Å². The molecule has 2 rings (SSSR count). The van der Waals surface area contributed by atoms with Gasteiger partial charge in [0.25, 0.3) is 0 Å². The molecule has 2 fully saturated rings. The molecule has 0 radical (unpaired) electrons. The first-order valence-electron chi connectivity index (χ1n) is 5.98. The highest BCUT2D eigenvalue weighted by molar-refractivity contribution is 6.01. The summed E-state index contributed by atoms with van der Waals surface area (Å²) in [5.41, 5.74) is 0. The lowest BCUT2D eigenvalue weighted by molar-refractivity contribution is -0.124. The van der Waals surface area contributed by atoms with E-state index in [2.05, 4.69) is 17.6 Å². The van der Waals surface area contributed by atoms with E-state index in [0.29, 0.717) is 19.1 Å². The quantitative estimate of drug-likeness (QED) is 0.677. The van der Waals surface area contributed by atoms with Crippen LogP contribution in [0.5, 0.6) is 0 Å². The van der Waals surface area contributed by atoms with Gasteiger partial charge >= 0.3 is 6.03 Å². The van der Waals surface area contributed by atoms with Gasteiger partial charge in [0, 0.05) is 19.1 Å². The van der Waals surface area contributed by atoms with Gasteiger partial charge in [-0.15, -0.1) is 0 Å². The third-order valence-electron chi connectivity index (χ3n) is 3.40. The van der Waals surface area contributed by atoms with Crippen LogP contribution in [0.3, 0.4) is 0 Å². The summed E-state index contributed by atoms with van der Waals surface area (Å²) in [6.45, 7) is 3.60. The maximum absolute atomic E-state index is 11.3. The summed E-state index contributed by atoms with van der Waals surface area (Å²) in [4.78, 5) is 23.8. The Morgan fingerprint density at radius 2 is 2.25 bits per heavy atom. The van der Waals surface area contributed by atoms with Crippen molar-refractivity contribution in [3.63, 3.8) is 0 Å². The Morgan fingerprint density at radius 1 is 1.44 bits per heavy atom. The number of hydrogen-bond acceptors (Lipinski definition) is 3. The maximum Gasteiger partial charge on any atom is 0.324 e. The topological polar surface area (TPSA) is 61.4 Å². The fourth-order valence-corrected chi connectivity index (χ4v) is 2.45. The van der Waals surface area contributed by atoms with Crippen molar-refractivity contribution < 1.29 is 9.59 Å². The summed E-state index contributed by atoms with van der Waals surface area (Å²) in [5.74, 6) is 0.681. The van der Waals surface area contributed by atoms with E-state index >= 15 is 0 Å². The van der Waals surface area contributed by atoms with Crippen LogP contribution in [0, 0.1) is 5.92 Å². The van der Waals surface area contributed by atoms with Crippen LogP contribution in [0.25, 0.3) is 0 Å². The smallest absolute Gasteiger partial charge is 0.324 e. The number of imide groups is 1. The van der Waals surface area contributed by atoms with Crippen molar-refractivity contribution in [2.45, 2.75) is 32.2 Å². The van der Waals surface area contributed by atoms with Gasteiger partial charge in [-0.2, -0.15) is 0 Å². The lowest BCUT2D eigenvalue weighted by atomic mass is 10.1. The minimum atomic E-state index is -0.258. The number of hydrogen-bond donors (Lipinski definition) is 2. The minimum Gasteiger partial charge on any atom is -0.329 e. The Morgan fingerprint density at radius 3 is 2.81 bits per heavy atom. The Balaban J connectivity index is 1.68. The highest BCUT2D eigenvalue weighted by atomic mass is 16.2. The summed E-state index contributed by atoms with van der Waals surface area (Å²) >= 11 is 0. The van der Waals surface area contributed by atoms with Gasteiger partial charge in [-0.3, -0.25) is 9.69 Å². The average molecular weight is 225 g/mol. The van der Waals surface area contributed by atoms with Crippen molar-refractivity contribution in [1.29, 1.82) is 0 Å². The van der Waals surface area contributed by atoms with E-state index in [1.807, 2.05) is 0 Å². The molecular weight excluding hydrogens is 206 g/mol. The van der Waals surface area contributed by atoms with Crippen LogP contribution < -0.4 is 10.6 Å². The second kappa shape index (κ2) is 4.82. The predicted molar refractivity (Wildman–Crippen MR) is 59.9 cm³/mol. The van der Waals surface area contributed by atoms with Crippen LogP contribution in [0.15, 0.2) is 0 Å². The van der Waals surface area contributed by atoms with Crippen molar-refractivity contribution in [3.05, 3.63) is 0 Å². The van der Waals surface area contributed by atoms with Gasteiger partial charge < -0.3 is 10.6 Å². The molecule has 0 aromatic heterocycles. The van der Waals surface area contributed by atoms with E-state index in [9.17, 15) is 9.59 Å². The average Bonchev–Trinajstić information content (AvgIpc) is 2.78.